The normalized spacial score (nSPS) is 15.5. The van der Waals surface area contributed by atoms with Crippen LogP contribution < -0.4 is 0 Å². The summed E-state index contributed by atoms with van der Waals surface area (Å²) in [6.07, 6.45) is 4.73. The Kier molecular flexibility index (Phi) is 2.05. The molecule has 2 heteroatoms. The van der Waals surface area contributed by atoms with E-state index in [1.54, 1.807) is 0 Å². The molecule has 0 saturated heterocycles. The van der Waals surface area contributed by atoms with Crippen LogP contribution in [0.2, 0.25) is 0 Å². The number of aromatic nitrogens is 2. The van der Waals surface area contributed by atoms with Crippen molar-refractivity contribution in [3.8, 4) is 0 Å². The highest BCUT2D eigenvalue weighted by molar-refractivity contribution is 5.16. The van der Waals surface area contributed by atoms with Gasteiger partial charge in [-0.15, -0.1) is 0 Å². The summed E-state index contributed by atoms with van der Waals surface area (Å²) in [6, 6.07) is 12.6. The maximum atomic E-state index is 4.58. The van der Waals surface area contributed by atoms with Crippen LogP contribution in [0.5, 0.6) is 0 Å². The smallest absolute Gasteiger partial charge is 0.0659 e. The summed E-state index contributed by atoms with van der Waals surface area (Å²) in [4.78, 5) is 0. The zero-order chi connectivity index (χ0) is 10.1. The van der Waals surface area contributed by atoms with E-state index in [4.69, 9.17) is 0 Å². The number of hydrogen-bond acceptors (Lipinski definition) is 1. The molecule has 1 aromatic carbocycles. The van der Waals surface area contributed by atoms with Gasteiger partial charge in [0.25, 0.3) is 0 Å². The molecule has 0 aliphatic heterocycles. The molecule has 1 saturated carbocycles. The first-order chi connectivity index (χ1) is 7.42. The van der Waals surface area contributed by atoms with Crippen LogP contribution in [0.4, 0.5) is 0 Å². The summed E-state index contributed by atoms with van der Waals surface area (Å²) in [5.41, 5.74) is 2.58. The Labute approximate surface area is 89.5 Å². The summed E-state index contributed by atoms with van der Waals surface area (Å²) < 4.78 is 2.03. The lowest BCUT2D eigenvalue weighted by Gasteiger charge is -2.00. The molecule has 0 spiro atoms. The van der Waals surface area contributed by atoms with Gasteiger partial charge in [0.15, 0.2) is 0 Å². The zero-order valence-electron chi connectivity index (χ0n) is 8.63. The number of hydrogen-bond donors (Lipinski definition) is 0. The monoisotopic (exact) mass is 198 g/mol. The van der Waals surface area contributed by atoms with Crippen molar-refractivity contribution in [1.82, 2.24) is 9.78 Å². The average Bonchev–Trinajstić information content (AvgIpc) is 3.02. The SMILES string of the molecule is c1ccc(Cn2ccc(C3CC3)n2)cc1. The van der Waals surface area contributed by atoms with Crippen molar-refractivity contribution >= 4 is 0 Å². The van der Waals surface area contributed by atoms with E-state index in [0.717, 1.165) is 12.5 Å². The molecule has 1 aliphatic rings. The molecule has 0 bridgehead atoms. The molecular formula is C13H14N2. The first kappa shape index (κ1) is 8.72. The van der Waals surface area contributed by atoms with E-state index in [9.17, 15) is 0 Å². The summed E-state index contributed by atoms with van der Waals surface area (Å²) >= 11 is 0. The van der Waals surface area contributed by atoms with Gasteiger partial charge in [0.1, 0.15) is 0 Å². The second-order valence-corrected chi connectivity index (χ2v) is 4.20. The number of benzene rings is 1. The van der Waals surface area contributed by atoms with E-state index in [2.05, 4.69) is 41.6 Å². The highest BCUT2D eigenvalue weighted by Gasteiger charge is 2.25. The van der Waals surface area contributed by atoms with Crippen LogP contribution in [0.25, 0.3) is 0 Å². The van der Waals surface area contributed by atoms with Crippen molar-refractivity contribution < 1.29 is 0 Å². The highest BCUT2D eigenvalue weighted by Crippen LogP contribution is 2.38. The van der Waals surface area contributed by atoms with Crippen molar-refractivity contribution in [3.05, 3.63) is 53.9 Å². The molecule has 1 fully saturated rings. The Bertz CT molecular complexity index is 441. The van der Waals surface area contributed by atoms with Crippen molar-refractivity contribution in [1.29, 1.82) is 0 Å². The first-order valence-corrected chi connectivity index (χ1v) is 5.49. The van der Waals surface area contributed by atoms with Crippen LogP contribution in [-0.2, 0) is 6.54 Å². The van der Waals surface area contributed by atoms with Crippen molar-refractivity contribution in [2.75, 3.05) is 0 Å². The predicted molar refractivity (Wildman–Crippen MR) is 59.7 cm³/mol. The fraction of sp³-hybridized carbons (Fsp3) is 0.308. The highest BCUT2D eigenvalue weighted by atomic mass is 15.3. The topological polar surface area (TPSA) is 17.8 Å². The van der Waals surface area contributed by atoms with Gasteiger partial charge in [0.05, 0.1) is 12.2 Å². The molecule has 0 atom stereocenters. The fourth-order valence-electron chi connectivity index (χ4n) is 1.83. The largest absolute Gasteiger partial charge is 0.268 e. The molecule has 1 aliphatic carbocycles. The Morgan fingerprint density at radius 2 is 1.93 bits per heavy atom. The van der Waals surface area contributed by atoms with Crippen LogP contribution in [0.3, 0.4) is 0 Å². The van der Waals surface area contributed by atoms with Crippen LogP contribution in [0.1, 0.15) is 30.0 Å². The van der Waals surface area contributed by atoms with E-state index >= 15 is 0 Å². The van der Waals surface area contributed by atoms with E-state index in [-0.39, 0.29) is 0 Å². The summed E-state index contributed by atoms with van der Waals surface area (Å²) in [5, 5.41) is 4.58. The van der Waals surface area contributed by atoms with E-state index in [0.29, 0.717) is 0 Å². The lowest BCUT2D eigenvalue weighted by molar-refractivity contribution is 0.672. The Morgan fingerprint density at radius 1 is 1.13 bits per heavy atom. The molecule has 2 nitrogen and oxygen atoms in total. The van der Waals surface area contributed by atoms with Gasteiger partial charge in [0.2, 0.25) is 0 Å². The number of nitrogens with zero attached hydrogens (tertiary/aromatic N) is 2. The third kappa shape index (κ3) is 1.94. The minimum atomic E-state index is 0.752. The predicted octanol–water partition coefficient (Wildman–Crippen LogP) is 2.81. The van der Waals surface area contributed by atoms with Crippen molar-refractivity contribution in [2.45, 2.75) is 25.3 Å². The Morgan fingerprint density at radius 3 is 2.67 bits per heavy atom. The Balaban J connectivity index is 1.76. The molecule has 1 aromatic heterocycles. The van der Waals surface area contributed by atoms with Gasteiger partial charge in [0, 0.05) is 12.1 Å². The minimum absolute atomic E-state index is 0.752. The van der Waals surface area contributed by atoms with Crippen LogP contribution >= 0.6 is 0 Å². The molecule has 1 heterocycles. The summed E-state index contributed by atoms with van der Waals surface area (Å²) in [7, 11) is 0. The maximum absolute atomic E-state index is 4.58. The van der Waals surface area contributed by atoms with Gasteiger partial charge in [-0.05, 0) is 24.5 Å². The minimum Gasteiger partial charge on any atom is -0.268 e. The molecular weight excluding hydrogens is 184 g/mol. The second-order valence-electron chi connectivity index (χ2n) is 4.20. The van der Waals surface area contributed by atoms with Gasteiger partial charge < -0.3 is 0 Å². The van der Waals surface area contributed by atoms with E-state index in [1.165, 1.54) is 24.1 Å². The van der Waals surface area contributed by atoms with Crippen molar-refractivity contribution in [2.24, 2.45) is 0 Å². The summed E-state index contributed by atoms with van der Waals surface area (Å²) in [6.45, 7) is 0.882. The molecule has 2 aromatic rings. The van der Waals surface area contributed by atoms with E-state index in [1.807, 2.05) is 10.7 Å². The van der Waals surface area contributed by atoms with Gasteiger partial charge in [-0.3, -0.25) is 4.68 Å². The van der Waals surface area contributed by atoms with Gasteiger partial charge in [-0.25, -0.2) is 0 Å². The third-order valence-electron chi connectivity index (χ3n) is 2.84. The third-order valence-corrected chi connectivity index (χ3v) is 2.84. The Hall–Kier alpha value is -1.57. The van der Waals surface area contributed by atoms with Gasteiger partial charge in [-0.2, -0.15) is 5.10 Å². The van der Waals surface area contributed by atoms with Crippen molar-refractivity contribution in [3.63, 3.8) is 0 Å². The second kappa shape index (κ2) is 3.54. The van der Waals surface area contributed by atoms with Crippen LogP contribution in [0, 0.1) is 0 Å². The molecule has 15 heavy (non-hydrogen) atoms. The average molecular weight is 198 g/mol. The lowest BCUT2D eigenvalue weighted by atomic mass is 10.2. The summed E-state index contributed by atoms with van der Waals surface area (Å²) in [5.74, 6) is 0.752. The zero-order valence-corrected chi connectivity index (χ0v) is 8.63. The lowest BCUT2D eigenvalue weighted by Crippen LogP contribution is -2.00. The maximum Gasteiger partial charge on any atom is 0.0659 e. The standard InChI is InChI=1S/C13H14N2/c1-2-4-11(5-3-1)10-15-9-8-13(14-15)12-6-7-12/h1-5,8-9,12H,6-7,10H2. The van der Waals surface area contributed by atoms with Gasteiger partial charge >= 0.3 is 0 Å². The van der Waals surface area contributed by atoms with Crippen LogP contribution in [0.15, 0.2) is 42.6 Å². The molecule has 0 amide bonds. The fourth-order valence-corrected chi connectivity index (χ4v) is 1.83. The van der Waals surface area contributed by atoms with E-state index < -0.39 is 0 Å². The van der Waals surface area contributed by atoms with Crippen LogP contribution in [-0.4, -0.2) is 9.78 Å². The molecule has 0 radical (unpaired) electrons. The van der Waals surface area contributed by atoms with Gasteiger partial charge in [-0.1, -0.05) is 30.3 Å². The molecule has 0 unspecified atom stereocenters. The molecule has 0 N–H and O–H groups in total. The first-order valence-electron chi connectivity index (χ1n) is 5.49. The quantitative estimate of drug-likeness (QED) is 0.741. The number of rotatable bonds is 3. The molecule has 76 valence electrons. The molecule has 3 rings (SSSR count).